The predicted octanol–water partition coefficient (Wildman–Crippen LogP) is 1.10. The average Bonchev–Trinajstić information content (AvgIpc) is 3.14. The number of furan rings is 1. The first-order valence-corrected chi connectivity index (χ1v) is 6.15. The van der Waals surface area contributed by atoms with Crippen LogP contribution in [0.1, 0.15) is 16.1 Å². The Morgan fingerprint density at radius 2 is 2.05 bits per heavy atom. The molecule has 0 aliphatic rings. The van der Waals surface area contributed by atoms with Gasteiger partial charge in [-0.1, -0.05) is 22.0 Å². The topological polar surface area (TPSA) is 132 Å². The average molecular weight is 298 g/mol. The van der Waals surface area contributed by atoms with Crippen molar-refractivity contribution < 1.29 is 14.3 Å². The summed E-state index contributed by atoms with van der Waals surface area (Å²) < 4.78 is 5.59. The van der Waals surface area contributed by atoms with Gasteiger partial charge in [-0.15, -0.1) is 0 Å². The van der Waals surface area contributed by atoms with Crippen LogP contribution in [-0.2, 0) is 0 Å². The minimum atomic E-state index is -0.974. The summed E-state index contributed by atoms with van der Waals surface area (Å²) in [5.74, 6) is 0.153. The molecule has 0 saturated heterocycles. The number of hydrogen-bond acceptors (Lipinski definition) is 7. The lowest BCUT2D eigenvalue weighted by Gasteiger charge is -1.98. The number of nitrogens with two attached hydrogens (primary N) is 1. The SMILES string of the molecule is Nc1nnnn1/N=C\c1ccc(-c2ccc(C(=O)O)cc2)o1. The van der Waals surface area contributed by atoms with Crippen molar-refractivity contribution in [1.82, 2.24) is 20.3 Å². The Bertz CT molecular complexity index is 834. The quantitative estimate of drug-likeness (QED) is 0.689. The summed E-state index contributed by atoms with van der Waals surface area (Å²) in [5, 5.41) is 23.2. The zero-order valence-electron chi connectivity index (χ0n) is 11.1. The molecule has 0 amide bonds. The normalized spacial score (nSPS) is 11.1. The first-order valence-electron chi connectivity index (χ1n) is 6.15. The van der Waals surface area contributed by atoms with E-state index in [4.69, 9.17) is 15.3 Å². The van der Waals surface area contributed by atoms with Crippen molar-refractivity contribution >= 4 is 18.1 Å². The van der Waals surface area contributed by atoms with Crippen LogP contribution in [0.3, 0.4) is 0 Å². The fourth-order valence-corrected chi connectivity index (χ4v) is 1.74. The molecule has 0 aliphatic heterocycles. The number of aromatic carboxylic acids is 1. The van der Waals surface area contributed by atoms with E-state index in [0.717, 1.165) is 10.4 Å². The second-order valence-corrected chi connectivity index (χ2v) is 4.26. The van der Waals surface area contributed by atoms with Gasteiger partial charge in [-0.3, -0.25) is 0 Å². The van der Waals surface area contributed by atoms with Crippen LogP contribution in [0.2, 0.25) is 0 Å². The summed E-state index contributed by atoms with van der Waals surface area (Å²) >= 11 is 0. The van der Waals surface area contributed by atoms with Gasteiger partial charge in [0.25, 0.3) is 5.95 Å². The molecule has 0 fully saturated rings. The summed E-state index contributed by atoms with van der Waals surface area (Å²) in [4.78, 5) is 11.9. The summed E-state index contributed by atoms with van der Waals surface area (Å²) in [6.07, 6.45) is 1.42. The molecule has 22 heavy (non-hydrogen) atoms. The lowest BCUT2D eigenvalue weighted by molar-refractivity contribution is 0.0697. The molecule has 0 spiro atoms. The molecular formula is C13H10N6O3. The van der Waals surface area contributed by atoms with E-state index in [1.165, 1.54) is 18.3 Å². The van der Waals surface area contributed by atoms with Gasteiger partial charge in [0, 0.05) is 5.56 Å². The molecule has 110 valence electrons. The highest BCUT2D eigenvalue weighted by atomic mass is 16.4. The molecule has 3 rings (SSSR count). The van der Waals surface area contributed by atoms with Crippen molar-refractivity contribution in [3.8, 4) is 11.3 Å². The van der Waals surface area contributed by atoms with Crippen LogP contribution in [0.15, 0.2) is 45.9 Å². The van der Waals surface area contributed by atoms with E-state index in [9.17, 15) is 4.79 Å². The molecule has 0 unspecified atom stereocenters. The number of aromatic nitrogens is 4. The van der Waals surface area contributed by atoms with Crippen LogP contribution < -0.4 is 5.73 Å². The van der Waals surface area contributed by atoms with Crippen molar-refractivity contribution in [2.75, 3.05) is 5.73 Å². The highest BCUT2D eigenvalue weighted by Crippen LogP contribution is 2.22. The van der Waals surface area contributed by atoms with E-state index < -0.39 is 5.97 Å². The van der Waals surface area contributed by atoms with Crippen LogP contribution in [0.5, 0.6) is 0 Å². The summed E-state index contributed by atoms with van der Waals surface area (Å²) in [6.45, 7) is 0. The summed E-state index contributed by atoms with van der Waals surface area (Å²) in [5.41, 5.74) is 6.44. The van der Waals surface area contributed by atoms with Gasteiger partial charge in [0.15, 0.2) is 0 Å². The zero-order chi connectivity index (χ0) is 15.5. The first kappa shape index (κ1) is 13.5. The van der Waals surface area contributed by atoms with Gasteiger partial charge < -0.3 is 15.3 Å². The Labute approximate surface area is 123 Å². The molecule has 1 aromatic carbocycles. The van der Waals surface area contributed by atoms with Crippen molar-refractivity contribution in [2.24, 2.45) is 5.10 Å². The highest BCUT2D eigenvalue weighted by molar-refractivity contribution is 5.88. The number of tetrazole rings is 1. The Hall–Kier alpha value is -3.49. The fraction of sp³-hybridized carbons (Fsp3) is 0. The molecule has 9 nitrogen and oxygen atoms in total. The third kappa shape index (κ3) is 2.68. The van der Waals surface area contributed by atoms with Crippen molar-refractivity contribution in [3.63, 3.8) is 0 Å². The number of carbonyl (C=O) groups is 1. The molecule has 0 atom stereocenters. The molecular weight excluding hydrogens is 288 g/mol. The molecule has 2 aromatic heterocycles. The standard InChI is InChI=1S/C13H10N6O3/c14-13-16-17-18-19(13)15-7-10-5-6-11(22-10)8-1-3-9(4-2-8)12(20)21/h1-7H,(H,20,21)(H2,14,16,18)/b15-7-. The number of nitrogen functional groups attached to an aromatic ring is 1. The third-order valence-corrected chi connectivity index (χ3v) is 2.81. The van der Waals surface area contributed by atoms with Crippen molar-refractivity contribution in [1.29, 1.82) is 0 Å². The zero-order valence-corrected chi connectivity index (χ0v) is 11.1. The lowest BCUT2D eigenvalue weighted by Crippen LogP contribution is -1.99. The van der Waals surface area contributed by atoms with Gasteiger partial charge in [0.05, 0.1) is 11.8 Å². The van der Waals surface area contributed by atoms with Crippen molar-refractivity contribution in [2.45, 2.75) is 0 Å². The number of anilines is 1. The van der Waals surface area contributed by atoms with Gasteiger partial charge >= 0.3 is 5.97 Å². The number of carboxylic acid groups (broad SMARTS) is 1. The largest absolute Gasteiger partial charge is 0.478 e. The second kappa shape index (κ2) is 5.48. The minimum absolute atomic E-state index is 0.0623. The van der Waals surface area contributed by atoms with Crippen LogP contribution in [0.4, 0.5) is 5.95 Å². The van der Waals surface area contributed by atoms with E-state index in [-0.39, 0.29) is 11.5 Å². The fourth-order valence-electron chi connectivity index (χ4n) is 1.74. The van der Waals surface area contributed by atoms with Crippen LogP contribution in [-0.4, -0.2) is 37.6 Å². The van der Waals surface area contributed by atoms with Crippen molar-refractivity contribution in [3.05, 3.63) is 47.7 Å². The highest BCUT2D eigenvalue weighted by Gasteiger charge is 2.06. The van der Waals surface area contributed by atoms with E-state index in [0.29, 0.717) is 11.5 Å². The van der Waals surface area contributed by atoms with Crippen LogP contribution >= 0.6 is 0 Å². The van der Waals surface area contributed by atoms with Gasteiger partial charge in [-0.2, -0.15) is 5.10 Å². The smallest absolute Gasteiger partial charge is 0.335 e. The number of rotatable bonds is 4. The third-order valence-electron chi connectivity index (χ3n) is 2.81. The van der Waals surface area contributed by atoms with Crippen LogP contribution in [0, 0.1) is 0 Å². The number of benzene rings is 1. The molecule has 9 heteroatoms. The number of carboxylic acids is 1. The maximum absolute atomic E-state index is 10.8. The Morgan fingerprint density at radius 3 is 2.68 bits per heavy atom. The number of hydrogen-bond donors (Lipinski definition) is 2. The molecule has 2 heterocycles. The van der Waals surface area contributed by atoms with E-state index in [2.05, 4.69) is 20.6 Å². The van der Waals surface area contributed by atoms with E-state index >= 15 is 0 Å². The second-order valence-electron chi connectivity index (χ2n) is 4.26. The lowest BCUT2D eigenvalue weighted by atomic mass is 10.1. The van der Waals surface area contributed by atoms with Gasteiger partial charge in [-0.05, 0) is 34.7 Å². The molecule has 0 radical (unpaired) electrons. The molecule has 0 aliphatic carbocycles. The molecule has 0 saturated carbocycles. The molecule has 3 N–H and O–H groups in total. The van der Waals surface area contributed by atoms with Gasteiger partial charge in [0.1, 0.15) is 11.5 Å². The van der Waals surface area contributed by atoms with Gasteiger partial charge in [-0.25, -0.2) is 4.79 Å². The van der Waals surface area contributed by atoms with Crippen LogP contribution in [0.25, 0.3) is 11.3 Å². The molecule has 0 bridgehead atoms. The number of nitrogens with zero attached hydrogens (tertiary/aromatic N) is 5. The first-order chi connectivity index (χ1) is 10.6. The monoisotopic (exact) mass is 298 g/mol. The Morgan fingerprint density at radius 1 is 1.27 bits per heavy atom. The maximum Gasteiger partial charge on any atom is 0.335 e. The minimum Gasteiger partial charge on any atom is -0.478 e. The maximum atomic E-state index is 10.8. The summed E-state index contributed by atoms with van der Waals surface area (Å²) in [7, 11) is 0. The van der Waals surface area contributed by atoms with E-state index in [1.54, 1.807) is 24.3 Å². The van der Waals surface area contributed by atoms with E-state index in [1.807, 2.05) is 0 Å². The summed E-state index contributed by atoms with van der Waals surface area (Å²) in [6, 6.07) is 9.82. The molecule has 3 aromatic rings. The Balaban J connectivity index is 1.80. The van der Waals surface area contributed by atoms with Gasteiger partial charge in [0.2, 0.25) is 0 Å². The predicted molar refractivity (Wildman–Crippen MR) is 76.3 cm³/mol. The Kier molecular flexibility index (Phi) is 3.36.